The van der Waals surface area contributed by atoms with Crippen LogP contribution in [0.4, 0.5) is 5.69 Å². The lowest BCUT2D eigenvalue weighted by Gasteiger charge is -2.43. The maximum absolute atomic E-state index is 10.4. The van der Waals surface area contributed by atoms with E-state index in [9.17, 15) is 5.11 Å². The molecule has 3 nitrogen and oxygen atoms in total. The van der Waals surface area contributed by atoms with Crippen LogP contribution in [-0.4, -0.2) is 22.8 Å². The van der Waals surface area contributed by atoms with Gasteiger partial charge in [0.1, 0.15) is 11.7 Å². The monoisotopic (exact) mass is 300 g/mol. The second kappa shape index (κ2) is 4.95. The van der Waals surface area contributed by atoms with Gasteiger partial charge in [-0.25, -0.2) is 0 Å². The molecule has 2 fully saturated rings. The number of rotatable bonds is 1. The Morgan fingerprint density at radius 1 is 1.38 bits per heavy atom. The number of fused-ring (bicyclic) bond motifs is 2. The molecule has 0 radical (unpaired) electrons. The van der Waals surface area contributed by atoms with Crippen molar-refractivity contribution in [2.75, 3.05) is 4.90 Å². The molecule has 3 atom stereocenters. The third kappa shape index (κ3) is 2.18. The molecule has 21 heavy (non-hydrogen) atoms. The second-order valence-corrected chi connectivity index (χ2v) is 6.44. The molecule has 0 aromatic heterocycles. The predicted molar refractivity (Wildman–Crippen MR) is 83.2 cm³/mol. The third-order valence-corrected chi connectivity index (χ3v) is 5.28. The summed E-state index contributed by atoms with van der Waals surface area (Å²) in [5.74, 6) is 2.56. The summed E-state index contributed by atoms with van der Waals surface area (Å²) < 4.78 is 0. The van der Waals surface area contributed by atoms with E-state index in [-0.39, 0.29) is 12.1 Å². The van der Waals surface area contributed by atoms with Gasteiger partial charge in [-0.2, -0.15) is 5.26 Å². The highest BCUT2D eigenvalue weighted by Crippen LogP contribution is 2.45. The largest absolute Gasteiger partial charge is 0.377 e. The topological polar surface area (TPSA) is 47.3 Å². The van der Waals surface area contributed by atoms with Crippen molar-refractivity contribution in [2.45, 2.75) is 50.3 Å². The Hall–Kier alpha value is -1.68. The van der Waals surface area contributed by atoms with Gasteiger partial charge in [0.05, 0.1) is 10.6 Å². The normalized spacial score (nSPS) is 30.8. The SMILES string of the molecule is C#CC1(O)C[C@H]2CC[C@@H](C1)N2c1ccc(C#N)c(Cl)c1C. The Morgan fingerprint density at radius 3 is 2.52 bits per heavy atom. The fourth-order valence-electron chi connectivity index (χ4n) is 3.78. The molecule has 1 N–H and O–H groups in total. The van der Waals surface area contributed by atoms with Crippen molar-refractivity contribution < 1.29 is 5.11 Å². The minimum Gasteiger partial charge on any atom is -0.377 e. The lowest BCUT2D eigenvalue weighted by Crippen LogP contribution is -2.50. The summed E-state index contributed by atoms with van der Waals surface area (Å²) in [7, 11) is 0. The maximum Gasteiger partial charge on any atom is 0.129 e. The van der Waals surface area contributed by atoms with E-state index in [4.69, 9.17) is 23.3 Å². The highest BCUT2D eigenvalue weighted by Gasteiger charge is 2.47. The van der Waals surface area contributed by atoms with Gasteiger partial charge in [0, 0.05) is 30.6 Å². The molecule has 1 aromatic carbocycles. The molecule has 2 aliphatic rings. The number of terminal acetylenes is 1. The summed E-state index contributed by atoms with van der Waals surface area (Å²) in [6.45, 7) is 1.94. The van der Waals surface area contributed by atoms with Crippen LogP contribution in [0.3, 0.4) is 0 Å². The molecule has 3 rings (SSSR count). The summed E-state index contributed by atoms with van der Waals surface area (Å²) in [4.78, 5) is 2.34. The standard InChI is InChI=1S/C17H17ClN2O/c1-3-17(21)8-13-5-6-14(9-17)20(13)15-7-4-12(10-19)16(18)11(15)2/h1,4,7,13-14,21H,5-6,8-9H2,2H3/t13-,14+,17?. The summed E-state index contributed by atoms with van der Waals surface area (Å²) in [5.41, 5.74) is 1.51. The molecule has 0 amide bonds. The zero-order chi connectivity index (χ0) is 15.2. The van der Waals surface area contributed by atoms with Gasteiger partial charge >= 0.3 is 0 Å². The van der Waals surface area contributed by atoms with Crippen molar-refractivity contribution in [2.24, 2.45) is 0 Å². The lowest BCUT2D eigenvalue weighted by atomic mass is 9.86. The van der Waals surface area contributed by atoms with Gasteiger partial charge in [0.2, 0.25) is 0 Å². The lowest BCUT2D eigenvalue weighted by molar-refractivity contribution is 0.0581. The minimum atomic E-state index is -0.980. The molecule has 2 saturated heterocycles. The number of hydrogen-bond donors (Lipinski definition) is 1. The van der Waals surface area contributed by atoms with Crippen molar-refractivity contribution in [3.05, 3.63) is 28.3 Å². The van der Waals surface area contributed by atoms with E-state index in [0.717, 1.165) is 24.1 Å². The van der Waals surface area contributed by atoms with Gasteiger partial charge < -0.3 is 10.0 Å². The van der Waals surface area contributed by atoms with Crippen LogP contribution in [0.5, 0.6) is 0 Å². The zero-order valence-electron chi connectivity index (χ0n) is 11.9. The Kier molecular flexibility index (Phi) is 3.36. The van der Waals surface area contributed by atoms with E-state index in [2.05, 4.69) is 16.9 Å². The molecule has 0 spiro atoms. The molecule has 4 heteroatoms. The predicted octanol–water partition coefficient (Wildman–Crippen LogP) is 3.02. The summed E-state index contributed by atoms with van der Waals surface area (Å²) in [6, 6.07) is 6.33. The van der Waals surface area contributed by atoms with Gasteiger partial charge in [-0.1, -0.05) is 17.5 Å². The molecule has 0 aliphatic carbocycles. The van der Waals surface area contributed by atoms with Crippen LogP contribution in [0.25, 0.3) is 0 Å². The molecule has 108 valence electrons. The summed E-state index contributed by atoms with van der Waals surface area (Å²) >= 11 is 6.29. The van der Waals surface area contributed by atoms with E-state index >= 15 is 0 Å². The summed E-state index contributed by atoms with van der Waals surface area (Å²) in [6.07, 6.45) is 8.75. The number of hydrogen-bond acceptors (Lipinski definition) is 3. The zero-order valence-corrected chi connectivity index (χ0v) is 12.7. The first-order chi connectivity index (χ1) is 9.99. The van der Waals surface area contributed by atoms with E-state index < -0.39 is 5.60 Å². The number of nitriles is 1. The van der Waals surface area contributed by atoms with Crippen molar-refractivity contribution in [3.63, 3.8) is 0 Å². The number of halogens is 1. The number of piperidine rings is 1. The Labute approximate surface area is 130 Å². The minimum absolute atomic E-state index is 0.243. The molecule has 1 aromatic rings. The fourth-order valence-corrected chi connectivity index (χ4v) is 3.98. The van der Waals surface area contributed by atoms with Crippen molar-refractivity contribution in [1.29, 1.82) is 5.26 Å². The Bertz CT molecular complexity index is 657. The number of aliphatic hydroxyl groups is 1. The average molecular weight is 301 g/mol. The highest BCUT2D eigenvalue weighted by molar-refractivity contribution is 6.32. The van der Waals surface area contributed by atoms with Crippen LogP contribution in [0.2, 0.25) is 5.02 Å². The second-order valence-electron chi connectivity index (χ2n) is 6.06. The average Bonchev–Trinajstić information content (AvgIpc) is 2.74. The van der Waals surface area contributed by atoms with E-state index in [1.165, 1.54) is 0 Å². The van der Waals surface area contributed by atoms with Gasteiger partial charge in [-0.3, -0.25) is 0 Å². The first-order valence-electron chi connectivity index (χ1n) is 7.17. The van der Waals surface area contributed by atoms with E-state index in [0.29, 0.717) is 23.4 Å². The van der Waals surface area contributed by atoms with Crippen molar-refractivity contribution in [1.82, 2.24) is 0 Å². The number of anilines is 1. The highest BCUT2D eigenvalue weighted by atomic mass is 35.5. The van der Waals surface area contributed by atoms with Gasteiger partial charge in [-0.15, -0.1) is 6.42 Å². The molecule has 0 saturated carbocycles. The maximum atomic E-state index is 10.4. The Morgan fingerprint density at radius 2 is 2.00 bits per heavy atom. The molecule has 2 heterocycles. The molecule has 2 aliphatic heterocycles. The summed E-state index contributed by atoms with van der Waals surface area (Å²) in [5, 5.41) is 20.0. The van der Waals surface area contributed by atoms with Crippen LogP contribution in [-0.2, 0) is 0 Å². The van der Waals surface area contributed by atoms with Crippen LogP contribution < -0.4 is 4.90 Å². The molecular weight excluding hydrogens is 284 g/mol. The third-order valence-electron chi connectivity index (χ3n) is 4.79. The van der Waals surface area contributed by atoms with Crippen molar-refractivity contribution in [3.8, 4) is 18.4 Å². The van der Waals surface area contributed by atoms with Crippen LogP contribution in [0.1, 0.15) is 36.8 Å². The fraction of sp³-hybridized carbons (Fsp3) is 0.471. The number of nitrogens with zero attached hydrogens (tertiary/aromatic N) is 2. The van der Waals surface area contributed by atoms with E-state index in [1.807, 2.05) is 13.0 Å². The van der Waals surface area contributed by atoms with Crippen LogP contribution in [0.15, 0.2) is 12.1 Å². The van der Waals surface area contributed by atoms with Gasteiger partial charge in [-0.05, 0) is 37.5 Å². The van der Waals surface area contributed by atoms with Crippen LogP contribution in [0, 0.1) is 30.6 Å². The first-order valence-corrected chi connectivity index (χ1v) is 7.54. The Balaban J connectivity index is 1.99. The van der Waals surface area contributed by atoms with E-state index in [1.54, 1.807) is 6.07 Å². The first kappa shape index (κ1) is 14.3. The quantitative estimate of drug-likeness (QED) is 0.811. The van der Waals surface area contributed by atoms with Gasteiger partial charge in [0.25, 0.3) is 0 Å². The smallest absolute Gasteiger partial charge is 0.129 e. The molecule has 1 unspecified atom stereocenters. The molecular formula is C17H17ClN2O. The van der Waals surface area contributed by atoms with Crippen molar-refractivity contribution >= 4 is 17.3 Å². The molecule has 2 bridgehead atoms. The van der Waals surface area contributed by atoms with Crippen LogP contribution >= 0.6 is 11.6 Å². The number of benzene rings is 1. The van der Waals surface area contributed by atoms with Gasteiger partial charge in [0.15, 0.2) is 0 Å².